The molecule has 164 valence electrons. The van der Waals surface area contributed by atoms with Gasteiger partial charge in [-0.2, -0.15) is 0 Å². The highest BCUT2D eigenvalue weighted by Crippen LogP contribution is 2.39. The molecule has 1 aliphatic rings. The Bertz CT molecular complexity index is 1210. The van der Waals surface area contributed by atoms with Gasteiger partial charge in [0.2, 0.25) is 11.8 Å². The number of nitrogens with zero attached hydrogens (tertiary/aromatic N) is 5. The smallest absolute Gasteiger partial charge is 0.226 e. The van der Waals surface area contributed by atoms with Crippen LogP contribution in [0, 0.1) is 5.82 Å². The van der Waals surface area contributed by atoms with Crippen molar-refractivity contribution < 1.29 is 18.3 Å². The van der Waals surface area contributed by atoms with Crippen molar-refractivity contribution in [3.05, 3.63) is 72.0 Å². The van der Waals surface area contributed by atoms with Gasteiger partial charge in [-0.15, -0.1) is 20.4 Å². The van der Waals surface area contributed by atoms with E-state index in [0.29, 0.717) is 45.9 Å². The van der Waals surface area contributed by atoms with Gasteiger partial charge < -0.3 is 13.9 Å². The maximum Gasteiger partial charge on any atom is 0.226 e. The van der Waals surface area contributed by atoms with Crippen LogP contribution in [0.15, 0.2) is 58.1 Å². The van der Waals surface area contributed by atoms with Gasteiger partial charge in [-0.3, -0.25) is 4.57 Å². The van der Waals surface area contributed by atoms with Gasteiger partial charge in [-0.05, 0) is 49.2 Å². The SMILES string of the molecule is COc1ccc(OCc2nnc(SCc3nnc(C4CC4)o3)n2-c2ccccc2F)cc1. The standard InChI is InChI=1S/C22H20FN5O3S/c1-29-15-8-10-16(11-9-15)30-12-19-24-27-22(28(19)18-5-3-2-4-17(18)23)32-13-20-25-26-21(31-20)14-6-7-14/h2-5,8-11,14H,6-7,12-13H2,1H3. The zero-order chi connectivity index (χ0) is 21.9. The Morgan fingerprint density at radius 3 is 2.56 bits per heavy atom. The van der Waals surface area contributed by atoms with E-state index in [1.165, 1.54) is 17.8 Å². The number of benzene rings is 2. The molecule has 2 aromatic heterocycles. The van der Waals surface area contributed by atoms with Crippen LogP contribution >= 0.6 is 11.8 Å². The summed E-state index contributed by atoms with van der Waals surface area (Å²) in [6, 6.07) is 13.7. The molecule has 0 bridgehead atoms. The van der Waals surface area contributed by atoms with Crippen LogP contribution in [0.1, 0.15) is 36.4 Å². The Hall–Kier alpha value is -3.40. The number of rotatable bonds is 9. The molecule has 8 nitrogen and oxygen atoms in total. The Morgan fingerprint density at radius 2 is 1.81 bits per heavy atom. The fraction of sp³-hybridized carbons (Fsp3) is 0.273. The van der Waals surface area contributed by atoms with Crippen molar-refractivity contribution in [1.29, 1.82) is 0 Å². The molecule has 32 heavy (non-hydrogen) atoms. The average molecular weight is 453 g/mol. The topological polar surface area (TPSA) is 88.1 Å². The van der Waals surface area contributed by atoms with Crippen molar-refractivity contribution in [3.8, 4) is 17.2 Å². The Morgan fingerprint density at radius 1 is 1.03 bits per heavy atom. The number of aromatic nitrogens is 5. The van der Waals surface area contributed by atoms with Gasteiger partial charge >= 0.3 is 0 Å². The minimum absolute atomic E-state index is 0.112. The van der Waals surface area contributed by atoms with Crippen LogP contribution in [0.25, 0.3) is 5.69 Å². The number of para-hydroxylation sites is 1. The Balaban J connectivity index is 1.37. The molecular weight excluding hydrogens is 433 g/mol. The van der Waals surface area contributed by atoms with Crippen LogP contribution < -0.4 is 9.47 Å². The van der Waals surface area contributed by atoms with E-state index in [4.69, 9.17) is 13.9 Å². The molecule has 0 saturated heterocycles. The molecule has 0 amide bonds. The molecule has 0 aliphatic heterocycles. The molecule has 1 fully saturated rings. The third-order valence-corrected chi connectivity index (χ3v) is 5.87. The fourth-order valence-corrected chi connectivity index (χ4v) is 3.93. The van der Waals surface area contributed by atoms with Crippen LogP contribution in [0.3, 0.4) is 0 Å². The van der Waals surface area contributed by atoms with E-state index in [-0.39, 0.29) is 12.4 Å². The summed E-state index contributed by atoms with van der Waals surface area (Å²) < 4.78 is 33.0. The summed E-state index contributed by atoms with van der Waals surface area (Å²) in [5, 5.41) is 17.2. The monoisotopic (exact) mass is 453 g/mol. The summed E-state index contributed by atoms with van der Waals surface area (Å²) in [4.78, 5) is 0. The summed E-state index contributed by atoms with van der Waals surface area (Å²) in [6.45, 7) is 0.112. The third-order valence-electron chi connectivity index (χ3n) is 4.95. The lowest BCUT2D eigenvalue weighted by molar-refractivity contribution is 0.292. The molecule has 0 radical (unpaired) electrons. The largest absolute Gasteiger partial charge is 0.497 e. The number of methoxy groups -OCH3 is 1. The predicted molar refractivity (Wildman–Crippen MR) is 114 cm³/mol. The average Bonchev–Trinajstić information content (AvgIpc) is 3.43. The zero-order valence-electron chi connectivity index (χ0n) is 17.3. The highest BCUT2D eigenvalue weighted by molar-refractivity contribution is 7.98. The lowest BCUT2D eigenvalue weighted by atomic mass is 10.3. The number of hydrogen-bond acceptors (Lipinski definition) is 8. The van der Waals surface area contributed by atoms with E-state index in [2.05, 4.69) is 20.4 Å². The van der Waals surface area contributed by atoms with Gasteiger partial charge in [-0.25, -0.2) is 4.39 Å². The quantitative estimate of drug-likeness (QED) is 0.341. The minimum atomic E-state index is -0.381. The highest BCUT2D eigenvalue weighted by atomic mass is 32.2. The van der Waals surface area contributed by atoms with Gasteiger partial charge in [0.25, 0.3) is 0 Å². The molecule has 0 unspecified atom stereocenters. The molecule has 0 atom stereocenters. The lowest BCUT2D eigenvalue weighted by Gasteiger charge is -2.12. The molecule has 4 aromatic rings. The molecule has 5 rings (SSSR count). The second kappa shape index (κ2) is 8.99. The van der Waals surface area contributed by atoms with Crippen LogP contribution in [0.5, 0.6) is 11.5 Å². The lowest BCUT2D eigenvalue weighted by Crippen LogP contribution is -2.08. The van der Waals surface area contributed by atoms with E-state index in [0.717, 1.165) is 18.6 Å². The maximum atomic E-state index is 14.6. The first kappa shape index (κ1) is 20.5. The van der Waals surface area contributed by atoms with Crippen LogP contribution in [0.2, 0.25) is 0 Å². The maximum absolute atomic E-state index is 14.6. The number of hydrogen-bond donors (Lipinski definition) is 0. The predicted octanol–water partition coefficient (Wildman–Crippen LogP) is 4.55. The summed E-state index contributed by atoms with van der Waals surface area (Å²) >= 11 is 1.35. The Labute approximate surface area is 187 Å². The van der Waals surface area contributed by atoms with Crippen molar-refractivity contribution in [2.45, 2.75) is 36.3 Å². The van der Waals surface area contributed by atoms with Crippen LogP contribution in [-0.4, -0.2) is 32.1 Å². The van der Waals surface area contributed by atoms with Gasteiger partial charge in [-0.1, -0.05) is 23.9 Å². The second-order valence-corrected chi connectivity index (χ2v) is 8.19. The first-order valence-electron chi connectivity index (χ1n) is 10.1. The summed E-state index contributed by atoms with van der Waals surface area (Å²) in [5.41, 5.74) is 0.345. The van der Waals surface area contributed by atoms with Gasteiger partial charge in [0, 0.05) is 5.92 Å². The first-order valence-corrected chi connectivity index (χ1v) is 11.1. The molecule has 2 aromatic carbocycles. The molecule has 0 spiro atoms. The summed E-state index contributed by atoms with van der Waals surface area (Å²) in [7, 11) is 1.60. The van der Waals surface area contributed by atoms with Crippen molar-refractivity contribution in [2.75, 3.05) is 7.11 Å². The molecule has 1 aliphatic carbocycles. The second-order valence-electron chi connectivity index (χ2n) is 7.25. The summed E-state index contributed by atoms with van der Waals surface area (Å²) in [5.74, 6) is 3.46. The van der Waals surface area contributed by atoms with Gasteiger partial charge in [0.15, 0.2) is 11.0 Å². The third kappa shape index (κ3) is 4.45. The number of ether oxygens (including phenoxy) is 2. The Kier molecular flexibility index (Phi) is 5.76. The van der Waals surface area contributed by atoms with Crippen molar-refractivity contribution in [2.24, 2.45) is 0 Å². The van der Waals surface area contributed by atoms with E-state index < -0.39 is 0 Å². The number of thioether (sulfide) groups is 1. The highest BCUT2D eigenvalue weighted by Gasteiger charge is 2.29. The molecule has 0 N–H and O–H groups in total. The van der Waals surface area contributed by atoms with Crippen molar-refractivity contribution in [1.82, 2.24) is 25.0 Å². The van der Waals surface area contributed by atoms with Crippen molar-refractivity contribution in [3.63, 3.8) is 0 Å². The minimum Gasteiger partial charge on any atom is -0.497 e. The fourth-order valence-electron chi connectivity index (χ4n) is 3.13. The van der Waals surface area contributed by atoms with E-state index in [9.17, 15) is 4.39 Å². The van der Waals surface area contributed by atoms with E-state index in [1.54, 1.807) is 54.1 Å². The molecular formula is C22H20FN5O3S. The van der Waals surface area contributed by atoms with Gasteiger partial charge in [0.05, 0.1) is 18.6 Å². The summed E-state index contributed by atoms with van der Waals surface area (Å²) in [6.07, 6.45) is 2.18. The zero-order valence-corrected chi connectivity index (χ0v) is 18.1. The van der Waals surface area contributed by atoms with Gasteiger partial charge in [0.1, 0.15) is 23.9 Å². The normalized spacial score (nSPS) is 13.3. The van der Waals surface area contributed by atoms with Crippen LogP contribution in [-0.2, 0) is 12.4 Å². The molecule has 10 heteroatoms. The molecule has 2 heterocycles. The number of halogens is 1. The molecule has 1 saturated carbocycles. The van der Waals surface area contributed by atoms with Crippen molar-refractivity contribution >= 4 is 11.8 Å². The van der Waals surface area contributed by atoms with E-state index >= 15 is 0 Å². The van der Waals surface area contributed by atoms with E-state index in [1.807, 2.05) is 0 Å². The first-order chi connectivity index (χ1) is 15.7. The van der Waals surface area contributed by atoms with Crippen LogP contribution in [0.4, 0.5) is 4.39 Å².